The van der Waals surface area contributed by atoms with E-state index in [0.717, 1.165) is 19.4 Å². The molecule has 0 aliphatic carbocycles. The fourth-order valence-corrected chi connectivity index (χ4v) is 1.85. The summed E-state index contributed by atoms with van der Waals surface area (Å²) in [5.41, 5.74) is 1.20. The van der Waals surface area contributed by atoms with Crippen LogP contribution in [0.1, 0.15) is 45.2 Å². The fourth-order valence-electron chi connectivity index (χ4n) is 1.85. The van der Waals surface area contributed by atoms with Gasteiger partial charge in [-0.15, -0.1) is 0 Å². The number of carboxylic acid groups (broad SMARTS) is 1. The minimum Gasteiger partial charge on any atom is -0.479 e. The summed E-state index contributed by atoms with van der Waals surface area (Å²) in [6, 6.07) is 7.96. The van der Waals surface area contributed by atoms with Crippen LogP contribution in [-0.2, 0) is 4.79 Å². The van der Waals surface area contributed by atoms with Crippen LogP contribution in [-0.4, -0.2) is 23.7 Å². The van der Waals surface area contributed by atoms with Gasteiger partial charge in [-0.2, -0.15) is 0 Å². The van der Waals surface area contributed by atoms with Crippen molar-refractivity contribution in [2.45, 2.75) is 45.8 Å². The Morgan fingerprint density at radius 3 is 2.42 bits per heavy atom. The Bertz CT molecular complexity index is 389. The lowest BCUT2D eigenvalue weighted by Gasteiger charge is -2.18. The van der Waals surface area contributed by atoms with E-state index < -0.39 is 12.1 Å². The summed E-state index contributed by atoms with van der Waals surface area (Å²) in [6.07, 6.45) is 1.30. The Kier molecular flexibility index (Phi) is 6.36. The van der Waals surface area contributed by atoms with Gasteiger partial charge in [0.05, 0.1) is 0 Å². The van der Waals surface area contributed by atoms with Gasteiger partial charge in [-0.05, 0) is 44.0 Å². The summed E-state index contributed by atoms with van der Waals surface area (Å²) in [4.78, 5) is 10.7. The molecule has 106 valence electrons. The van der Waals surface area contributed by atoms with Crippen molar-refractivity contribution in [3.8, 4) is 5.75 Å². The average Bonchev–Trinajstić information content (AvgIpc) is 2.41. The molecular formula is C15H23NO3. The maximum Gasteiger partial charge on any atom is 0.344 e. The van der Waals surface area contributed by atoms with Gasteiger partial charge in [0, 0.05) is 6.04 Å². The molecule has 0 aliphatic rings. The van der Waals surface area contributed by atoms with Crippen molar-refractivity contribution in [3.05, 3.63) is 29.8 Å². The van der Waals surface area contributed by atoms with Gasteiger partial charge in [0.25, 0.3) is 0 Å². The van der Waals surface area contributed by atoms with Gasteiger partial charge in [0.2, 0.25) is 0 Å². The summed E-state index contributed by atoms with van der Waals surface area (Å²) in [5.74, 6) is -0.371. The minimum atomic E-state index is -0.958. The molecule has 0 amide bonds. The highest BCUT2D eigenvalue weighted by Gasteiger charge is 2.13. The van der Waals surface area contributed by atoms with Crippen molar-refractivity contribution in [1.82, 2.24) is 5.32 Å². The van der Waals surface area contributed by atoms with Crippen molar-refractivity contribution >= 4 is 5.97 Å². The molecule has 4 nitrogen and oxygen atoms in total. The van der Waals surface area contributed by atoms with E-state index in [1.165, 1.54) is 12.5 Å². The number of carbonyl (C=O) groups is 1. The smallest absolute Gasteiger partial charge is 0.344 e. The lowest BCUT2D eigenvalue weighted by Crippen LogP contribution is -2.23. The second-order valence-electron chi connectivity index (χ2n) is 4.58. The van der Waals surface area contributed by atoms with Crippen LogP contribution in [0, 0.1) is 0 Å². The van der Waals surface area contributed by atoms with E-state index in [0.29, 0.717) is 11.8 Å². The van der Waals surface area contributed by atoms with Gasteiger partial charge >= 0.3 is 5.97 Å². The number of aliphatic carboxylic acids is 1. The summed E-state index contributed by atoms with van der Waals surface area (Å²) in [7, 11) is 0. The molecule has 2 atom stereocenters. The normalized spacial score (nSPS) is 13.8. The van der Waals surface area contributed by atoms with E-state index in [9.17, 15) is 4.79 Å². The number of ether oxygens (including phenoxy) is 1. The van der Waals surface area contributed by atoms with Crippen LogP contribution in [0.4, 0.5) is 0 Å². The van der Waals surface area contributed by atoms with E-state index in [1.807, 2.05) is 24.3 Å². The van der Waals surface area contributed by atoms with E-state index in [1.54, 1.807) is 0 Å². The number of carboxylic acids is 1. The van der Waals surface area contributed by atoms with E-state index in [4.69, 9.17) is 9.84 Å². The Morgan fingerprint density at radius 2 is 1.95 bits per heavy atom. The first-order valence-electron chi connectivity index (χ1n) is 6.81. The number of hydrogen-bond donors (Lipinski definition) is 2. The van der Waals surface area contributed by atoms with Crippen molar-refractivity contribution in [1.29, 1.82) is 0 Å². The molecule has 0 heterocycles. The van der Waals surface area contributed by atoms with E-state index >= 15 is 0 Å². The fraction of sp³-hybridized carbons (Fsp3) is 0.533. The zero-order valence-electron chi connectivity index (χ0n) is 11.8. The van der Waals surface area contributed by atoms with Crippen molar-refractivity contribution in [3.63, 3.8) is 0 Å². The highest BCUT2D eigenvalue weighted by Crippen LogP contribution is 2.20. The van der Waals surface area contributed by atoms with Gasteiger partial charge in [-0.25, -0.2) is 4.79 Å². The molecule has 4 heteroatoms. The third kappa shape index (κ3) is 4.91. The molecule has 0 fully saturated rings. The van der Waals surface area contributed by atoms with Gasteiger partial charge in [-0.1, -0.05) is 26.0 Å². The first-order valence-corrected chi connectivity index (χ1v) is 6.81. The van der Waals surface area contributed by atoms with E-state index in [-0.39, 0.29) is 0 Å². The summed E-state index contributed by atoms with van der Waals surface area (Å²) in [5, 5.41) is 12.3. The standard InChI is InChI=1S/C15H23NO3/c1-4-10-16-14(5-2)12-6-8-13(9-7-12)19-11(3)15(17)18/h6-9,11,14,16H,4-5,10H2,1-3H3,(H,17,18). The summed E-state index contributed by atoms with van der Waals surface area (Å²) < 4.78 is 5.31. The third-order valence-corrected chi connectivity index (χ3v) is 2.99. The molecule has 0 saturated carbocycles. The molecule has 2 unspecified atom stereocenters. The lowest BCUT2D eigenvalue weighted by molar-refractivity contribution is -0.144. The Labute approximate surface area is 114 Å². The van der Waals surface area contributed by atoms with Gasteiger partial charge in [-0.3, -0.25) is 0 Å². The summed E-state index contributed by atoms with van der Waals surface area (Å²) in [6.45, 7) is 6.80. The van der Waals surface area contributed by atoms with Crippen LogP contribution in [0.2, 0.25) is 0 Å². The third-order valence-electron chi connectivity index (χ3n) is 2.99. The zero-order valence-corrected chi connectivity index (χ0v) is 11.8. The van der Waals surface area contributed by atoms with Crippen LogP contribution in [0.5, 0.6) is 5.75 Å². The molecule has 0 aliphatic heterocycles. The SMILES string of the molecule is CCCNC(CC)c1ccc(OC(C)C(=O)O)cc1. The molecule has 1 aromatic rings. The highest BCUT2D eigenvalue weighted by atomic mass is 16.5. The number of nitrogens with one attached hydrogen (secondary N) is 1. The molecule has 0 bridgehead atoms. The number of rotatable bonds is 8. The van der Waals surface area contributed by atoms with Gasteiger partial charge in [0.1, 0.15) is 5.75 Å². The summed E-state index contributed by atoms with van der Waals surface area (Å²) >= 11 is 0. The maximum atomic E-state index is 10.7. The van der Waals surface area contributed by atoms with Crippen LogP contribution in [0.3, 0.4) is 0 Å². The monoisotopic (exact) mass is 265 g/mol. The maximum absolute atomic E-state index is 10.7. The molecule has 0 saturated heterocycles. The predicted octanol–water partition coefficient (Wildman–Crippen LogP) is 2.99. The highest BCUT2D eigenvalue weighted by molar-refractivity contribution is 5.72. The molecule has 1 rings (SSSR count). The van der Waals surface area contributed by atoms with Crippen molar-refractivity contribution in [2.75, 3.05) is 6.54 Å². The molecule has 0 radical (unpaired) electrons. The zero-order chi connectivity index (χ0) is 14.3. The lowest BCUT2D eigenvalue weighted by atomic mass is 10.0. The largest absolute Gasteiger partial charge is 0.479 e. The minimum absolute atomic E-state index is 0.339. The Balaban J connectivity index is 2.66. The van der Waals surface area contributed by atoms with Gasteiger partial charge < -0.3 is 15.2 Å². The van der Waals surface area contributed by atoms with E-state index in [2.05, 4.69) is 19.2 Å². The molecule has 19 heavy (non-hydrogen) atoms. The van der Waals surface area contributed by atoms with Gasteiger partial charge in [0.15, 0.2) is 6.10 Å². The van der Waals surface area contributed by atoms with Crippen molar-refractivity contribution < 1.29 is 14.6 Å². The molecule has 0 spiro atoms. The Morgan fingerprint density at radius 1 is 1.32 bits per heavy atom. The Hall–Kier alpha value is -1.55. The number of hydrogen-bond acceptors (Lipinski definition) is 3. The van der Waals surface area contributed by atoms with Crippen LogP contribution >= 0.6 is 0 Å². The first-order chi connectivity index (χ1) is 9.08. The quantitative estimate of drug-likeness (QED) is 0.758. The second-order valence-corrected chi connectivity index (χ2v) is 4.58. The molecular weight excluding hydrogens is 242 g/mol. The van der Waals surface area contributed by atoms with Crippen LogP contribution in [0.15, 0.2) is 24.3 Å². The van der Waals surface area contributed by atoms with Crippen LogP contribution in [0.25, 0.3) is 0 Å². The molecule has 0 aromatic heterocycles. The topological polar surface area (TPSA) is 58.6 Å². The number of benzene rings is 1. The second kappa shape index (κ2) is 7.79. The van der Waals surface area contributed by atoms with Crippen molar-refractivity contribution in [2.24, 2.45) is 0 Å². The molecule has 2 N–H and O–H groups in total. The van der Waals surface area contributed by atoms with Crippen LogP contribution < -0.4 is 10.1 Å². The first kappa shape index (κ1) is 15.5. The molecule has 1 aromatic carbocycles. The average molecular weight is 265 g/mol. The predicted molar refractivity (Wildman–Crippen MR) is 75.5 cm³/mol.